The van der Waals surface area contributed by atoms with Gasteiger partial charge in [0.05, 0.1) is 4.90 Å². The largest absolute Gasteiger partial charge is 0.428 e. The SMILES string of the molecule is O=S(=O)(F)c1ccc(OC(F)=C(F)F)cc1. The maximum atomic E-state index is 12.4. The zero-order valence-corrected chi connectivity index (χ0v) is 8.27. The first-order valence-corrected chi connectivity index (χ1v) is 5.12. The Morgan fingerprint density at radius 2 is 1.56 bits per heavy atom. The first-order chi connectivity index (χ1) is 7.30. The topological polar surface area (TPSA) is 43.4 Å². The lowest BCUT2D eigenvalue weighted by atomic mass is 10.3. The minimum absolute atomic E-state index is 0.377. The third-order valence-corrected chi connectivity index (χ3v) is 2.30. The van der Waals surface area contributed by atoms with Gasteiger partial charge < -0.3 is 4.74 Å². The quantitative estimate of drug-likeness (QED) is 0.474. The molecule has 0 heterocycles. The van der Waals surface area contributed by atoms with Gasteiger partial charge in [-0.3, -0.25) is 0 Å². The van der Waals surface area contributed by atoms with Crippen LogP contribution in [0.5, 0.6) is 5.75 Å². The Kier molecular flexibility index (Phi) is 3.53. The van der Waals surface area contributed by atoms with Gasteiger partial charge in [-0.1, -0.05) is 0 Å². The van der Waals surface area contributed by atoms with Gasteiger partial charge in [-0.05, 0) is 24.3 Å². The standard InChI is InChI=1S/C8H4F4O3S/c9-7(10)8(11)15-5-1-3-6(4-2-5)16(12,13)14/h1-4H. The summed E-state index contributed by atoms with van der Waals surface area (Å²) in [5.74, 6) is -0.377. The number of ether oxygens (including phenoxy) is 1. The fraction of sp³-hybridized carbons (Fsp3) is 0. The maximum absolute atomic E-state index is 12.4. The van der Waals surface area contributed by atoms with Crippen LogP contribution in [0.25, 0.3) is 0 Å². The van der Waals surface area contributed by atoms with Crippen molar-refractivity contribution in [1.29, 1.82) is 0 Å². The van der Waals surface area contributed by atoms with Crippen molar-refractivity contribution >= 4 is 10.2 Å². The van der Waals surface area contributed by atoms with Gasteiger partial charge in [0.1, 0.15) is 5.75 Å². The van der Waals surface area contributed by atoms with Crippen LogP contribution in [0.3, 0.4) is 0 Å². The Labute approximate surface area is 88.2 Å². The van der Waals surface area contributed by atoms with Gasteiger partial charge >= 0.3 is 22.3 Å². The molecule has 0 aliphatic heterocycles. The molecule has 16 heavy (non-hydrogen) atoms. The molecule has 0 saturated carbocycles. The summed E-state index contributed by atoms with van der Waals surface area (Å²) in [5, 5.41) is 0. The van der Waals surface area contributed by atoms with Crippen LogP contribution in [0.1, 0.15) is 0 Å². The Morgan fingerprint density at radius 1 is 1.06 bits per heavy atom. The van der Waals surface area contributed by atoms with Crippen LogP contribution in [0.2, 0.25) is 0 Å². The van der Waals surface area contributed by atoms with E-state index in [0.717, 1.165) is 24.3 Å². The highest BCUT2D eigenvalue weighted by atomic mass is 32.3. The van der Waals surface area contributed by atoms with Gasteiger partial charge in [0, 0.05) is 0 Å². The van der Waals surface area contributed by atoms with E-state index in [1.165, 1.54) is 0 Å². The summed E-state index contributed by atoms with van der Waals surface area (Å²) in [6, 6.07) is 1.10. The summed E-state index contributed by atoms with van der Waals surface area (Å²) >= 11 is 0. The molecular formula is C8H4F4O3S. The van der Waals surface area contributed by atoms with Crippen molar-refractivity contribution in [3.8, 4) is 5.75 Å². The molecule has 0 amide bonds. The van der Waals surface area contributed by atoms with E-state index in [2.05, 4.69) is 4.74 Å². The molecule has 0 bridgehead atoms. The van der Waals surface area contributed by atoms with Crippen molar-refractivity contribution in [1.82, 2.24) is 0 Å². The minimum atomic E-state index is -4.87. The second-order valence-electron chi connectivity index (χ2n) is 2.55. The number of hydrogen-bond acceptors (Lipinski definition) is 3. The molecule has 0 spiro atoms. The highest BCUT2D eigenvalue weighted by Gasteiger charge is 2.12. The van der Waals surface area contributed by atoms with Crippen LogP contribution >= 0.6 is 0 Å². The van der Waals surface area contributed by atoms with Gasteiger partial charge in [0.2, 0.25) is 0 Å². The molecule has 88 valence electrons. The molecule has 3 nitrogen and oxygen atoms in total. The first kappa shape index (κ1) is 12.5. The molecule has 0 fully saturated rings. The predicted molar refractivity (Wildman–Crippen MR) is 45.7 cm³/mol. The van der Waals surface area contributed by atoms with Crippen LogP contribution in [0.15, 0.2) is 41.3 Å². The summed E-state index contributed by atoms with van der Waals surface area (Å²) < 4.78 is 72.6. The van der Waals surface area contributed by atoms with E-state index in [4.69, 9.17) is 0 Å². The second-order valence-corrected chi connectivity index (χ2v) is 3.89. The zero-order chi connectivity index (χ0) is 12.3. The van der Waals surface area contributed by atoms with Gasteiger partial charge in [-0.2, -0.15) is 21.6 Å². The molecule has 0 atom stereocenters. The maximum Gasteiger partial charge on any atom is 0.344 e. The first-order valence-electron chi connectivity index (χ1n) is 3.74. The molecule has 0 aliphatic carbocycles. The van der Waals surface area contributed by atoms with E-state index >= 15 is 0 Å². The molecule has 0 radical (unpaired) electrons. The van der Waals surface area contributed by atoms with Crippen LogP contribution in [-0.2, 0) is 10.2 Å². The zero-order valence-electron chi connectivity index (χ0n) is 7.45. The number of benzene rings is 1. The average molecular weight is 256 g/mol. The highest BCUT2D eigenvalue weighted by Crippen LogP contribution is 2.21. The van der Waals surface area contributed by atoms with Crippen LogP contribution in [0, 0.1) is 0 Å². The molecule has 0 aliphatic rings. The molecule has 8 heteroatoms. The van der Waals surface area contributed by atoms with E-state index in [-0.39, 0.29) is 5.75 Å². The van der Waals surface area contributed by atoms with E-state index in [1.807, 2.05) is 0 Å². The number of halogens is 4. The summed E-state index contributed by atoms with van der Waals surface area (Å²) in [5.41, 5.74) is 0. The lowest BCUT2D eigenvalue weighted by Crippen LogP contribution is -1.93. The molecular weight excluding hydrogens is 252 g/mol. The summed E-state index contributed by atoms with van der Waals surface area (Å²) in [6.07, 6.45) is -2.65. The molecule has 1 aromatic rings. The highest BCUT2D eigenvalue weighted by molar-refractivity contribution is 7.86. The summed E-state index contributed by atoms with van der Waals surface area (Å²) in [4.78, 5) is -0.676. The lowest BCUT2D eigenvalue weighted by Gasteiger charge is -2.01. The summed E-state index contributed by atoms with van der Waals surface area (Å²) in [7, 11) is -4.87. The van der Waals surface area contributed by atoms with Crippen LogP contribution in [0.4, 0.5) is 17.1 Å². The molecule has 0 saturated heterocycles. The molecule has 1 aromatic carbocycles. The number of hydrogen-bond donors (Lipinski definition) is 0. The Bertz CT molecular complexity index is 503. The van der Waals surface area contributed by atoms with Crippen molar-refractivity contribution < 1.29 is 30.2 Å². The van der Waals surface area contributed by atoms with Crippen LogP contribution in [-0.4, -0.2) is 8.42 Å². The summed E-state index contributed by atoms with van der Waals surface area (Å²) in [6.45, 7) is 0. The monoisotopic (exact) mass is 256 g/mol. The number of rotatable bonds is 3. The minimum Gasteiger partial charge on any atom is -0.428 e. The van der Waals surface area contributed by atoms with E-state index in [9.17, 15) is 25.5 Å². The van der Waals surface area contributed by atoms with Crippen molar-refractivity contribution in [2.45, 2.75) is 4.90 Å². The predicted octanol–water partition coefficient (Wildman–Crippen LogP) is 2.76. The molecule has 0 N–H and O–H groups in total. The van der Waals surface area contributed by atoms with Gasteiger partial charge in [0.15, 0.2) is 0 Å². The fourth-order valence-electron chi connectivity index (χ4n) is 0.812. The second kappa shape index (κ2) is 4.52. The Balaban J connectivity index is 2.93. The molecule has 0 unspecified atom stereocenters. The Morgan fingerprint density at radius 3 is 1.94 bits per heavy atom. The lowest BCUT2D eigenvalue weighted by molar-refractivity contribution is 0.241. The van der Waals surface area contributed by atoms with E-state index < -0.39 is 27.2 Å². The van der Waals surface area contributed by atoms with Gasteiger partial charge in [0.25, 0.3) is 0 Å². The molecule has 1 rings (SSSR count). The average Bonchev–Trinajstić information content (AvgIpc) is 2.17. The fourth-order valence-corrected chi connectivity index (χ4v) is 1.27. The molecule has 0 aromatic heterocycles. The Hall–Kier alpha value is -1.57. The third kappa shape index (κ3) is 3.23. The van der Waals surface area contributed by atoms with Crippen molar-refractivity contribution in [2.75, 3.05) is 0 Å². The smallest absolute Gasteiger partial charge is 0.344 e. The van der Waals surface area contributed by atoms with E-state index in [0.29, 0.717) is 0 Å². The third-order valence-electron chi connectivity index (χ3n) is 1.46. The van der Waals surface area contributed by atoms with Crippen molar-refractivity contribution in [3.63, 3.8) is 0 Å². The van der Waals surface area contributed by atoms with Crippen molar-refractivity contribution in [2.24, 2.45) is 0 Å². The normalized spacial score (nSPS) is 11.0. The van der Waals surface area contributed by atoms with Crippen LogP contribution < -0.4 is 4.74 Å². The van der Waals surface area contributed by atoms with Gasteiger partial charge in [-0.25, -0.2) is 0 Å². The van der Waals surface area contributed by atoms with Gasteiger partial charge in [-0.15, -0.1) is 3.89 Å². The van der Waals surface area contributed by atoms with E-state index in [1.54, 1.807) is 0 Å². The van der Waals surface area contributed by atoms with Crippen molar-refractivity contribution in [3.05, 3.63) is 36.4 Å².